The molecule has 0 fully saturated rings. The molecule has 1 rings (SSSR count). The molecule has 16 heavy (non-hydrogen) atoms. The van der Waals surface area contributed by atoms with E-state index >= 15 is 0 Å². The first-order chi connectivity index (χ1) is 7.52. The van der Waals surface area contributed by atoms with E-state index in [1.165, 1.54) is 0 Å². The van der Waals surface area contributed by atoms with Crippen LogP contribution in [0.4, 0.5) is 0 Å². The van der Waals surface area contributed by atoms with Crippen LogP contribution in [0.25, 0.3) is 0 Å². The van der Waals surface area contributed by atoms with Crippen LogP contribution >= 0.6 is 0 Å². The van der Waals surface area contributed by atoms with Crippen molar-refractivity contribution in [3.8, 4) is 0 Å². The SMILES string of the molecule is CCC(CC)n1ccc(CC(C)(O)CN)n1. The Morgan fingerprint density at radius 1 is 1.50 bits per heavy atom. The van der Waals surface area contributed by atoms with Crippen molar-refractivity contribution in [1.82, 2.24) is 9.78 Å². The summed E-state index contributed by atoms with van der Waals surface area (Å²) >= 11 is 0. The van der Waals surface area contributed by atoms with Crippen LogP contribution in [0.1, 0.15) is 45.3 Å². The highest BCUT2D eigenvalue weighted by Crippen LogP contribution is 2.16. The molecule has 0 radical (unpaired) electrons. The first kappa shape index (κ1) is 13.2. The molecule has 1 atom stereocenters. The van der Waals surface area contributed by atoms with Gasteiger partial charge >= 0.3 is 0 Å². The Kier molecular flexibility index (Phi) is 4.50. The smallest absolute Gasteiger partial charge is 0.0797 e. The van der Waals surface area contributed by atoms with Gasteiger partial charge in [-0.3, -0.25) is 4.68 Å². The Morgan fingerprint density at radius 3 is 2.62 bits per heavy atom. The molecule has 1 aromatic rings. The van der Waals surface area contributed by atoms with Crippen LogP contribution in [0.5, 0.6) is 0 Å². The van der Waals surface area contributed by atoms with Crippen LogP contribution < -0.4 is 5.73 Å². The van der Waals surface area contributed by atoms with Gasteiger partial charge in [-0.1, -0.05) is 13.8 Å². The lowest BCUT2D eigenvalue weighted by Crippen LogP contribution is -2.36. The quantitative estimate of drug-likeness (QED) is 0.771. The van der Waals surface area contributed by atoms with Crippen molar-refractivity contribution in [3.05, 3.63) is 18.0 Å². The Labute approximate surface area is 97.5 Å². The molecule has 3 N–H and O–H groups in total. The number of aromatic nitrogens is 2. The van der Waals surface area contributed by atoms with Gasteiger partial charge in [0.2, 0.25) is 0 Å². The van der Waals surface area contributed by atoms with E-state index in [1.807, 2.05) is 16.9 Å². The highest BCUT2D eigenvalue weighted by Gasteiger charge is 2.20. The minimum Gasteiger partial charge on any atom is -0.388 e. The van der Waals surface area contributed by atoms with Crippen LogP contribution in [-0.4, -0.2) is 27.0 Å². The minimum atomic E-state index is -0.854. The van der Waals surface area contributed by atoms with Gasteiger partial charge in [0.1, 0.15) is 0 Å². The lowest BCUT2D eigenvalue weighted by Gasteiger charge is -2.19. The van der Waals surface area contributed by atoms with Crippen molar-refractivity contribution in [1.29, 1.82) is 0 Å². The Hall–Kier alpha value is -0.870. The summed E-state index contributed by atoms with van der Waals surface area (Å²) in [6.45, 7) is 6.31. The molecule has 92 valence electrons. The molecule has 1 unspecified atom stereocenters. The number of aliphatic hydroxyl groups is 1. The Bertz CT molecular complexity index is 316. The fourth-order valence-electron chi connectivity index (χ4n) is 1.80. The maximum absolute atomic E-state index is 9.86. The van der Waals surface area contributed by atoms with Crippen LogP contribution in [0.3, 0.4) is 0 Å². The number of rotatable bonds is 6. The molecule has 0 bridgehead atoms. The molecule has 0 saturated heterocycles. The van der Waals surface area contributed by atoms with Crippen LogP contribution in [-0.2, 0) is 6.42 Å². The van der Waals surface area contributed by atoms with Gasteiger partial charge in [-0.15, -0.1) is 0 Å². The van der Waals surface area contributed by atoms with E-state index in [0.29, 0.717) is 12.5 Å². The summed E-state index contributed by atoms with van der Waals surface area (Å²) in [5.74, 6) is 0. The molecule has 4 heteroatoms. The molecule has 0 spiro atoms. The van der Waals surface area contributed by atoms with Gasteiger partial charge < -0.3 is 10.8 Å². The number of nitrogens with zero attached hydrogens (tertiary/aromatic N) is 2. The second-order valence-corrected chi connectivity index (χ2v) is 4.64. The van der Waals surface area contributed by atoms with E-state index in [0.717, 1.165) is 18.5 Å². The van der Waals surface area contributed by atoms with Crippen molar-refractivity contribution in [2.45, 2.75) is 51.7 Å². The van der Waals surface area contributed by atoms with Gasteiger partial charge in [-0.25, -0.2) is 0 Å². The number of hydrogen-bond acceptors (Lipinski definition) is 3. The van der Waals surface area contributed by atoms with Crippen LogP contribution in [0, 0.1) is 0 Å². The zero-order valence-corrected chi connectivity index (χ0v) is 10.5. The molecule has 1 aromatic heterocycles. The van der Waals surface area contributed by atoms with Crippen molar-refractivity contribution in [2.24, 2.45) is 5.73 Å². The summed E-state index contributed by atoms with van der Waals surface area (Å²) in [5.41, 5.74) is 5.54. The van der Waals surface area contributed by atoms with E-state index in [4.69, 9.17) is 5.73 Å². The molecule has 0 aliphatic heterocycles. The number of nitrogens with two attached hydrogens (primary N) is 1. The monoisotopic (exact) mass is 225 g/mol. The predicted molar refractivity (Wildman–Crippen MR) is 65.2 cm³/mol. The van der Waals surface area contributed by atoms with Gasteiger partial charge in [-0.2, -0.15) is 5.10 Å². The second-order valence-electron chi connectivity index (χ2n) is 4.64. The third-order valence-electron chi connectivity index (χ3n) is 2.98. The highest BCUT2D eigenvalue weighted by molar-refractivity contribution is 5.04. The summed E-state index contributed by atoms with van der Waals surface area (Å²) < 4.78 is 1.99. The maximum atomic E-state index is 9.86. The standard InChI is InChI=1S/C12H23N3O/c1-4-11(5-2)15-7-6-10(14-15)8-12(3,16)9-13/h6-7,11,16H,4-5,8-9,13H2,1-3H3. The molecule has 0 amide bonds. The van der Waals surface area contributed by atoms with Gasteiger partial charge in [0.15, 0.2) is 0 Å². The molecule has 1 heterocycles. The van der Waals surface area contributed by atoms with Crippen molar-refractivity contribution >= 4 is 0 Å². The third kappa shape index (κ3) is 3.32. The van der Waals surface area contributed by atoms with Crippen molar-refractivity contribution < 1.29 is 5.11 Å². The number of hydrogen-bond donors (Lipinski definition) is 2. The first-order valence-corrected chi connectivity index (χ1v) is 5.99. The van der Waals surface area contributed by atoms with E-state index in [2.05, 4.69) is 18.9 Å². The summed E-state index contributed by atoms with van der Waals surface area (Å²) in [5, 5.41) is 14.4. The fraction of sp³-hybridized carbons (Fsp3) is 0.750. The minimum absolute atomic E-state index is 0.255. The van der Waals surface area contributed by atoms with Crippen molar-refractivity contribution in [2.75, 3.05) is 6.54 Å². The molecule has 0 saturated carbocycles. The van der Waals surface area contributed by atoms with E-state index < -0.39 is 5.60 Å². The maximum Gasteiger partial charge on any atom is 0.0797 e. The zero-order valence-electron chi connectivity index (χ0n) is 10.5. The highest BCUT2D eigenvalue weighted by atomic mass is 16.3. The molecule has 4 nitrogen and oxygen atoms in total. The first-order valence-electron chi connectivity index (χ1n) is 5.99. The third-order valence-corrected chi connectivity index (χ3v) is 2.98. The molecule has 0 aliphatic rings. The lowest BCUT2D eigenvalue weighted by atomic mass is 10.0. The van der Waals surface area contributed by atoms with Crippen LogP contribution in [0.15, 0.2) is 12.3 Å². The molecule has 0 aliphatic carbocycles. The Morgan fingerprint density at radius 2 is 2.12 bits per heavy atom. The van der Waals surface area contributed by atoms with Crippen LogP contribution in [0.2, 0.25) is 0 Å². The van der Waals surface area contributed by atoms with E-state index in [9.17, 15) is 5.11 Å². The molecular weight excluding hydrogens is 202 g/mol. The lowest BCUT2D eigenvalue weighted by molar-refractivity contribution is 0.0684. The van der Waals surface area contributed by atoms with Gasteiger partial charge in [0, 0.05) is 19.2 Å². The van der Waals surface area contributed by atoms with E-state index in [1.54, 1.807) is 6.92 Å². The largest absolute Gasteiger partial charge is 0.388 e. The molecular formula is C12H23N3O. The summed E-state index contributed by atoms with van der Waals surface area (Å²) in [6.07, 6.45) is 4.64. The summed E-state index contributed by atoms with van der Waals surface area (Å²) in [6, 6.07) is 2.42. The van der Waals surface area contributed by atoms with Crippen molar-refractivity contribution in [3.63, 3.8) is 0 Å². The Balaban J connectivity index is 2.71. The second kappa shape index (κ2) is 5.46. The fourth-order valence-corrected chi connectivity index (χ4v) is 1.80. The van der Waals surface area contributed by atoms with Gasteiger partial charge in [0.25, 0.3) is 0 Å². The topological polar surface area (TPSA) is 64.1 Å². The van der Waals surface area contributed by atoms with E-state index in [-0.39, 0.29) is 6.54 Å². The summed E-state index contributed by atoms with van der Waals surface area (Å²) in [4.78, 5) is 0. The normalized spacial score (nSPS) is 15.4. The predicted octanol–water partition coefficient (Wildman–Crippen LogP) is 1.50. The average molecular weight is 225 g/mol. The molecule has 0 aromatic carbocycles. The van der Waals surface area contributed by atoms with Gasteiger partial charge in [0.05, 0.1) is 17.3 Å². The van der Waals surface area contributed by atoms with Gasteiger partial charge in [-0.05, 0) is 25.8 Å². The summed E-state index contributed by atoms with van der Waals surface area (Å²) in [7, 11) is 0. The zero-order chi connectivity index (χ0) is 12.2. The average Bonchev–Trinajstić information content (AvgIpc) is 2.68.